The van der Waals surface area contributed by atoms with Gasteiger partial charge in [-0.25, -0.2) is 4.68 Å². The van der Waals surface area contributed by atoms with Crippen molar-refractivity contribution in [1.29, 1.82) is 0 Å². The molecule has 1 aliphatic carbocycles. The number of nitrogens with zero attached hydrogens (tertiary/aromatic N) is 3. The number of likely N-dealkylation sites (tertiary alicyclic amines) is 1. The molecule has 5 rings (SSSR count). The minimum Gasteiger partial charge on any atom is -0.375 e. The molecule has 1 saturated heterocycles. The van der Waals surface area contributed by atoms with Crippen LogP contribution in [0.5, 0.6) is 0 Å². The molecule has 0 bridgehead atoms. The summed E-state index contributed by atoms with van der Waals surface area (Å²) in [5, 5.41) is 7.81. The highest BCUT2D eigenvalue weighted by Crippen LogP contribution is 2.52. The van der Waals surface area contributed by atoms with Crippen molar-refractivity contribution in [1.82, 2.24) is 20.0 Å². The topological polar surface area (TPSA) is 59.4 Å². The van der Waals surface area contributed by atoms with Crippen LogP contribution in [-0.4, -0.2) is 46.4 Å². The van der Waals surface area contributed by atoms with Gasteiger partial charge in [-0.2, -0.15) is 5.10 Å². The van der Waals surface area contributed by atoms with Crippen LogP contribution in [0.2, 0.25) is 0 Å². The molecule has 36 heavy (non-hydrogen) atoms. The molecule has 1 N–H and O–H groups in total. The van der Waals surface area contributed by atoms with Gasteiger partial charge in [0.2, 0.25) is 5.91 Å². The fraction of sp³-hybridized carbons (Fsp3) is 0.467. The van der Waals surface area contributed by atoms with Gasteiger partial charge in [0.15, 0.2) is 0 Å². The van der Waals surface area contributed by atoms with Gasteiger partial charge in [0.1, 0.15) is 0 Å². The Hall–Kier alpha value is -2.96. The number of carbonyl (C=O) groups excluding carboxylic acids is 1. The average Bonchev–Trinajstić information content (AvgIpc) is 3.50. The van der Waals surface area contributed by atoms with E-state index in [0.717, 1.165) is 32.5 Å². The van der Waals surface area contributed by atoms with Gasteiger partial charge in [-0.15, -0.1) is 0 Å². The third-order valence-electron chi connectivity index (χ3n) is 8.14. The summed E-state index contributed by atoms with van der Waals surface area (Å²) >= 11 is 0. The molecule has 0 unspecified atom stereocenters. The molecule has 2 atom stereocenters. The standard InChI is InChI=1S/C30H38N4O2/c1-5-27(35)32-28-23-10-7-8-11-25(23)30(29(28)36-6-2)12-16-33(17-13-30)20-24-22(4)18-21(3)19-26(24)34-15-9-14-31-34/h7-11,14-15,18-19,28-29H,5-6,12-13,16-17,20H2,1-4H3,(H,32,35)/t28-,29+/m1/s1. The van der Waals surface area contributed by atoms with Crippen molar-refractivity contribution in [3.8, 4) is 5.69 Å². The van der Waals surface area contributed by atoms with Crippen LogP contribution in [0.4, 0.5) is 0 Å². The molecular formula is C30H38N4O2. The second kappa shape index (κ2) is 10.2. The highest BCUT2D eigenvalue weighted by Gasteiger charge is 2.54. The molecule has 2 aromatic carbocycles. The Balaban J connectivity index is 1.41. The molecule has 0 radical (unpaired) electrons. The molecule has 6 nitrogen and oxygen atoms in total. The summed E-state index contributed by atoms with van der Waals surface area (Å²) < 4.78 is 8.43. The van der Waals surface area contributed by atoms with Crippen LogP contribution in [0, 0.1) is 13.8 Å². The van der Waals surface area contributed by atoms with Crippen LogP contribution in [0.1, 0.15) is 67.0 Å². The summed E-state index contributed by atoms with van der Waals surface area (Å²) in [4.78, 5) is 15.0. The maximum absolute atomic E-state index is 12.5. The van der Waals surface area contributed by atoms with Crippen molar-refractivity contribution in [2.75, 3.05) is 19.7 Å². The number of amides is 1. The molecule has 1 aliphatic heterocycles. The Morgan fingerprint density at radius 3 is 2.61 bits per heavy atom. The van der Waals surface area contributed by atoms with Crippen LogP contribution in [0.15, 0.2) is 54.9 Å². The minimum absolute atomic E-state index is 0.0432. The van der Waals surface area contributed by atoms with E-state index in [0.29, 0.717) is 13.0 Å². The summed E-state index contributed by atoms with van der Waals surface area (Å²) in [6.07, 6.45) is 6.32. The van der Waals surface area contributed by atoms with Gasteiger partial charge in [0.25, 0.3) is 0 Å². The van der Waals surface area contributed by atoms with E-state index in [-0.39, 0.29) is 23.5 Å². The molecular weight excluding hydrogens is 448 g/mol. The first kappa shape index (κ1) is 24.7. The van der Waals surface area contributed by atoms with E-state index in [1.54, 1.807) is 0 Å². The Labute approximate surface area is 214 Å². The number of fused-ring (bicyclic) bond motifs is 2. The van der Waals surface area contributed by atoms with Crippen LogP contribution in [0.3, 0.4) is 0 Å². The zero-order chi connectivity index (χ0) is 25.3. The van der Waals surface area contributed by atoms with Gasteiger partial charge in [-0.1, -0.05) is 37.3 Å². The molecule has 0 saturated carbocycles. The lowest BCUT2D eigenvalue weighted by molar-refractivity contribution is -0.123. The Morgan fingerprint density at radius 2 is 1.92 bits per heavy atom. The smallest absolute Gasteiger partial charge is 0.220 e. The fourth-order valence-corrected chi connectivity index (χ4v) is 6.41. The van der Waals surface area contributed by atoms with Gasteiger partial charge in [0.05, 0.1) is 17.8 Å². The van der Waals surface area contributed by atoms with E-state index in [1.165, 1.54) is 33.5 Å². The quantitative estimate of drug-likeness (QED) is 0.510. The Morgan fingerprint density at radius 1 is 1.14 bits per heavy atom. The maximum Gasteiger partial charge on any atom is 0.220 e. The number of ether oxygens (including phenoxy) is 1. The van der Waals surface area contributed by atoms with Crippen LogP contribution in [-0.2, 0) is 21.5 Å². The predicted molar refractivity (Wildman–Crippen MR) is 142 cm³/mol. The molecule has 1 fully saturated rings. The number of rotatable bonds is 7. The minimum atomic E-state index is -0.0917. The van der Waals surface area contributed by atoms with Gasteiger partial charge in [0, 0.05) is 37.4 Å². The molecule has 190 valence electrons. The molecule has 1 amide bonds. The highest BCUT2D eigenvalue weighted by atomic mass is 16.5. The van der Waals surface area contributed by atoms with Gasteiger partial charge in [-0.05, 0) is 86.7 Å². The molecule has 1 spiro atoms. The number of hydrogen-bond donors (Lipinski definition) is 1. The van der Waals surface area contributed by atoms with Gasteiger partial charge < -0.3 is 10.1 Å². The first-order valence-electron chi connectivity index (χ1n) is 13.3. The lowest BCUT2D eigenvalue weighted by Crippen LogP contribution is -2.50. The summed E-state index contributed by atoms with van der Waals surface area (Å²) in [5.74, 6) is 0.0787. The van der Waals surface area contributed by atoms with Crippen molar-refractivity contribution < 1.29 is 9.53 Å². The number of benzene rings is 2. The number of hydrogen-bond acceptors (Lipinski definition) is 4. The van der Waals surface area contributed by atoms with E-state index < -0.39 is 0 Å². The van der Waals surface area contributed by atoms with Gasteiger partial charge in [-0.3, -0.25) is 9.69 Å². The largest absolute Gasteiger partial charge is 0.375 e. The number of aryl methyl sites for hydroxylation is 2. The zero-order valence-corrected chi connectivity index (χ0v) is 22.0. The molecule has 2 heterocycles. The summed E-state index contributed by atoms with van der Waals surface area (Å²) in [5.41, 5.74) is 7.56. The lowest BCUT2D eigenvalue weighted by Gasteiger charge is -2.44. The van der Waals surface area contributed by atoms with E-state index in [2.05, 4.69) is 72.5 Å². The first-order valence-corrected chi connectivity index (χ1v) is 13.3. The molecule has 3 aromatic rings. The van der Waals surface area contributed by atoms with Crippen LogP contribution < -0.4 is 5.32 Å². The second-order valence-corrected chi connectivity index (χ2v) is 10.3. The number of carbonyl (C=O) groups is 1. The lowest BCUT2D eigenvalue weighted by atomic mass is 9.71. The van der Waals surface area contributed by atoms with E-state index in [9.17, 15) is 4.79 Å². The van der Waals surface area contributed by atoms with E-state index in [4.69, 9.17) is 4.74 Å². The van der Waals surface area contributed by atoms with Crippen molar-refractivity contribution in [2.45, 2.75) is 71.1 Å². The zero-order valence-electron chi connectivity index (χ0n) is 22.0. The summed E-state index contributed by atoms with van der Waals surface area (Å²) in [6, 6.07) is 15.0. The van der Waals surface area contributed by atoms with Gasteiger partial charge >= 0.3 is 0 Å². The number of aromatic nitrogens is 2. The fourth-order valence-electron chi connectivity index (χ4n) is 6.41. The molecule has 1 aromatic heterocycles. The number of nitrogens with one attached hydrogen (secondary N) is 1. The maximum atomic E-state index is 12.5. The SMILES string of the molecule is CCO[C@H]1[C@H](NC(=O)CC)c2ccccc2C12CCN(Cc1c(C)cc(C)cc1-n1cccn1)CC2. The average molecular weight is 487 g/mol. The summed E-state index contributed by atoms with van der Waals surface area (Å²) in [6.45, 7) is 11.8. The Bertz CT molecular complexity index is 1210. The normalized spacial score (nSPS) is 21.0. The van der Waals surface area contributed by atoms with Crippen LogP contribution in [0.25, 0.3) is 5.69 Å². The third-order valence-corrected chi connectivity index (χ3v) is 8.14. The number of piperidine rings is 1. The molecule has 6 heteroatoms. The van der Waals surface area contributed by atoms with E-state index in [1.807, 2.05) is 30.1 Å². The van der Waals surface area contributed by atoms with Crippen molar-refractivity contribution in [3.63, 3.8) is 0 Å². The molecule has 2 aliphatic rings. The monoisotopic (exact) mass is 486 g/mol. The van der Waals surface area contributed by atoms with Crippen molar-refractivity contribution >= 4 is 5.91 Å². The van der Waals surface area contributed by atoms with Crippen molar-refractivity contribution in [2.24, 2.45) is 0 Å². The van der Waals surface area contributed by atoms with Crippen LogP contribution >= 0.6 is 0 Å². The predicted octanol–water partition coefficient (Wildman–Crippen LogP) is 5.01. The van der Waals surface area contributed by atoms with E-state index >= 15 is 0 Å². The highest BCUT2D eigenvalue weighted by molar-refractivity contribution is 5.76. The first-order chi connectivity index (χ1) is 17.5. The summed E-state index contributed by atoms with van der Waals surface area (Å²) in [7, 11) is 0. The second-order valence-electron chi connectivity index (χ2n) is 10.3. The third kappa shape index (κ3) is 4.37. The van der Waals surface area contributed by atoms with Crippen molar-refractivity contribution in [3.05, 3.63) is 82.7 Å². The Kier molecular flexibility index (Phi) is 7.00.